The highest BCUT2D eigenvalue weighted by Crippen LogP contribution is 2.12. The van der Waals surface area contributed by atoms with Crippen molar-refractivity contribution in [3.05, 3.63) is 29.8 Å². The number of nitrogens with one attached hydrogen (secondary N) is 1. The Morgan fingerprint density at radius 2 is 2.11 bits per heavy atom. The van der Waals surface area contributed by atoms with Crippen LogP contribution in [0, 0.1) is 0 Å². The largest absolute Gasteiger partial charge is 0.497 e. The number of rotatable bonds is 5. The van der Waals surface area contributed by atoms with E-state index in [1.807, 2.05) is 0 Å². The van der Waals surface area contributed by atoms with Gasteiger partial charge in [-0.05, 0) is 25.1 Å². The van der Waals surface area contributed by atoms with Crippen LogP contribution in [0.4, 0.5) is 0 Å². The molecule has 0 saturated carbocycles. The van der Waals surface area contributed by atoms with E-state index >= 15 is 0 Å². The third-order valence-corrected chi connectivity index (χ3v) is 2.22. The van der Waals surface area contributed by atoms with Crippen LogP contribution < -0.4 is 15.8 Å². The predicted octanol–water partition coefficient (Wildman–Crippen LogP) is 1.32. The van der Waals surface area contributed by atoms with Crippen molar-refractivity contribution in [2.75, 3.05) is 7.11 Å². The number of benzene rings is 1. The van der Waals surface area contributed by atoms with Gasteiger partial charge in [-0.15, -0.1) is 0 Å². The van der Waals surface area contributed by atoms with Gasteiger partial charge in [0.2, 0.25) is 5.91 Å². The molecule has 0 aliphatic carbocycles. The van der Waals surface area contributed by atoms with Gasteiger partial charge in [0.05, 0.1) is 7.11 Å². The van der Waals surface area contributed by atoms with E-state index < -0.39 is 5.91 Å². The topological polar surface area (TPSA) is 81.4 Å². The fourth-order valence-electron chi connectivity index (χ4n) is 1.42. The summed E-state index contributed by atoms with van der Waals surface area (Å²) in [6.45, 7) is 1.73. The minimum absolute atomic E-state index is 0. The normalized spacial score (nSPS) is 11.0. The maximum Gasteiger partial charge on any atom is 0.251 e. The molecule has 5 heteroatoms. The zero-order valence-corrected chi connectivity index (χ0v) is 9.90. The molecule has 0 bridgehead atoms. The predicted molar refractivity (Wildman–Crippen MR) is 70.5 cm³/mol. The van der Waals surface area contributed by atoms with Gasteiger partial charge in [-0.1, -0.05) is 13.5 Å². The highest BCUT2D eigenvalue weighted by atomic mass is 16.5. The Balaban J connectivity index is 0.00000289. The van der Waals surface area contributed by atoms with Crippen molar-refractivity contribution in [1.29, 1.82) is 0 Å². The number of hydrogen-bond donors (Lipinski definition) is 2. The molecule has 100 valence electrons. The molecule has 1 aromatic carbocycles. The van der Waals surface area contributed by atoms with Gasteiger partial charge in [-0.3, -0.25) is 9.59 Å². The molecule has 1 atom stereocenters. The van der Waals surface area contributed by atoms with E-state index in [2.05, 4.69) is 5.32 Å². The van der Waals surface area contributed by atoms with Gasteiger partial charge in [0.15, 0.2) is 0 Å². The Morgan fingerprint density at radius 1 is 1.44 bits per heavy atom. The van der Waals surface area contributed by atoms with Gasteiger partial charge in [0.1, 0.15) is 5.75 Å². The number of carbonyl (C=O) groups excluding carboxylic acids is 2. The minimum atomic E-state index is -0.441. The molecule has 0 spiro atoms. The minimum Gasteiger partial charge on any atom is -0.497 e. The quantitative estimate of drug-likeness (QED) is 0.829. The first-order valence-electron chi connectivity index (χ1n) is 5.26. The van der Waals surface area contributed by atoms with E-state index in [1.54, 1.807) is 31.2 Å². The van der Waals surface area contributed by atoms with Crippen molar-refractivity contribution in [2.24, 2.45) is 5.73 Å². The molecule has 1 unspecified atom stereocenters. The molecule has 0 aromatic heterocycles. The first kappa shape index (κ1) is 16.0. The lowest BCUT2D eigenvalue weighted by molar-refractivity contribution is -0.118. The second-order valence-electron chi connectivity index (χ2n) is 3.78. The van der Waals surface area contributed by atoms with E-state index in [0.717, 1.165) is 0 Å². The van der Waals surface area contributed by atoms with E-state index in [9.17, 15) is 9.59 Å². The Hall–Kier alpha value is -2.04. The lowest BCUT2D eigenvalue weighted by atomic mass is 10.1. The van der Waals surface area contributed by atoms with E-state index in [-0.39, 0.29) is 25.8 Å². The third kappa shape index (κ3) is 4.86. The molecule has 0 aliphatic rings. The molecule has 3 N–H and O–H groups in total. The van der Waals surface area contributed by atoms with Crippen molar-refractivity contribution < 1.29 is 14.3 Å². The molecule has 18 heavy (non-hydrogen) atoms. The molecule has 0 fully saturated rings. The molecular weight excluding hydrogens is 232 g/mol. The Kier molecular flexibility index (Phi) is 6.49. The summed E-state index contributed by atoms with van der Waals surface area (Å²) >= 11 is 0. The Labute approximate surface area is 107 Å². The molecule has 1 rings (SSSR count). The van der Waals surface area contributed by atoms with Crippen LogP contribution in [-0.2, 0) is 4.79 Å². The molecule has 5 nitrogen and oxygen atoms in total. The van der Waals surface area contributed by atoms with Crippen LogP contribution >= 0.6 is 0 Å². The highest BCUT2D eigenvalue weighted by Gasteiger charge is 2.11. The summed E-state index contributed by atoms with van der Waals surface area (Å²) in [7, 11) is 1.53. The molecule has 0 saturated heterocycles. The van der Waals surface area contributed by atoms with Gasteiger partial charge in [-0.25, -0.2) is 0 Å². The lowest BCUT2D eigenvalue weighted by Gasteiger charge is -2.12. The first-order chi connectivity index (χ1) is 8.02. The average molecular weight is 252 g/mol. The summed E-state index contributed by atoms with van der Waals surface area (Å²) in [4.78, 5) is 22.5. The van der Waals surface area contributed by atoms with Gasteiger partial charge in [0.25, 0.3) is 5.91 Å². The van der Waals surface area contributed by atoms with Crippen LogP contribution in [0.2, 0.25) is 0 Å². The van der Waals surface area contributed by atoms with Crippen molar-refractivity contribution in [3.8, 4) is 5.75 Å². The summed E-state index contributed by atoms with van der Waals surface area (Å²) in [5.41, 5.74) is 5.53. The van der Waals surface area contributed by atoms with Crippen molar-refractivity contribution in [1.82, 2.24) is 5.32 Å². The second kappa shape index (κ2) is 7.32. The average Bonchev–Trinajstić information content (AvgIpc) is 2.27. The monoisotopic (exact) mass is 252 g/mol. The third-order valence-electron chi connectivity index (χ3n) is 2.22. The number of primary amides is 1. The van der Waals surface area contributed by atoms with E-state index in [0.29, 0.717) is 11.3 Å². The molecule has 2 amide bonds. The fraction of sp³-hybridized carbons (Fsp3) is 0.385. The zero-order chi connectivity index (χ0) is 12.8. The molecule has 0 heterocycles. The van der Waals surface area contributed by atoms with Crippen LogP contribution in [0.25, 0.3) is 0 Å². The summed E-state index contributed by atoms with van der Waals surface area (Å²) in [5, 5.41) is 2.68. The molecule has 1 aromatic rings. The van der Waals surface area contributed by atoms with Crippen molar-refractivity contribution in [3.63, 3.8) is 0 Å². The van der Waals surface area contributed by atoms with E-state index in [4.69, 9.17) is 10.5 Å². The number of nitrogens with two attached hydrogens (primary N) is 1. The summed E-state index contributed by atoms with van der Waals surface area (Å²) in [6, 6.07) is 6.50. The SMILES string of the molecule is C.COc1cccc(C(=O)NC(C)CC(N)=O)c1. The number of hydrogen-bond acceptors (Lipinski definition) is 3. The summed E-state index contributed by atoms with van der Waals surface area (Å²) in [5.74, 6) is -0.0821. The summed E-state index contributed by atoms with van der Waals surface area (Å²) in [6.07, 6.45) is 0.121. The first-order valence-corrected chi connectivity index (χ1v) is 5.26. The van der Waals surface area contributed by atoms with Gasteiger partial charge >= 0.3 is 0 Å². The lowest BCUT2D eigenvalue weighted by Crippen LogP contribution is -2.35. The maximum atomic E-state index is 11.8. The van der Waals surface area contributed by atoms with Gasteiger partial charge in [0, 0.05) is 18.0 Å². The zero-order valence-electron chi connectivity index (χ0n) is 9.90. The molecular formula is C13H20N2O3. The van der Waals surface area contributed by atoms with E-state index in [1.165, 1.54) is 7.11 Å². The molecule has 0 radical (unpaired) electrons. The van der Waals surface area contributed by atoms with Crippen LogP contribution in [0.1, 0.15) is 31.1 Å². The Bertz CT molecular complexity index is 418. The van der Waals surface area contributed by atoms with Gasteiger partial charge < -0.3 is 15.8 Å². The number of ether oxygens (including phenoxy) is 1. The standard InChI is InChI=1S/C12H16N2O3.CH4/c1-8(6-11(13)15)14-12(16)9-4-3-5-10(7-9)17-2;/h3-5,7-8H,6H2,1-2H3,(H2,13,15)(H,14,16);1H4. The number of carbonyl (C=O) groups is 2. The van der Waals surface area contributed by atoms with Crippen LogP contribution in [0.15, 0.2) is 24.3 Å². The maximum absolute atomic E-state index is 11.8. The summed E-state index contributed by atoms with van der Waals surface area (Å²) < 4.78 is 5.02. The number of amides is 2. The smallest absolute Gasteiger partial charge is 0.251 e. The number of methoxy groups -OCH3 is 1. The van der Waals surface area contributed by atoms with Gasteiger partial charge in [-0.2, -0.15) is 0 Å². The van der Waals surface area contributed by atoms with Crippen LogP contribution in [0.5, 0.6) is 5.75 Å². The second-order valence-corrected chi connectivity index (χ2v) is 3.78. The molecule has 0 aliphatic heterocycles. The van der Waals surface area contributed by atoms with Crippen molar-refractivity contribution in [2.45, 2.75) is 26.8 Å². The highest BCUT2D eigenvalue weighted by molar-refractivity contribution is 5.95. The Morgan fingerprint density at radius 3 is 2.67 bits per heavy atom. The fourth-order valence-corrected chi connectivity index (χ4v) is 1.42. The van der Waals surface area contributed by atoms with Crippen LogP contribution in [0.3, 0.4) is 0 Å². The van der Waals surface area contributed by atoms with Crippen molar-refractivity contribution >= 4 is 11.8 Å². The van der Waals surface area contributed by atoms with Crippen LogP contribution in [-0.4, -0.2) is 25.0 Å².